The Morgan fingerprint density at radius 3 is 2.30 bits per heavy atom. The number of aromatic amines is 1. The van der Waals surface area contributed by atoms with Crippen LogP contribution in [0.15, 0.2) is 72.8 Å². The molecule has 4 aromatic rings. The molecule has 0 atom stereocenters. The SMILES string of the molecule is COc1ccc(-c2nc3c(-c4ccccc4)cccc3[nH]2)cc1. The van der Waals surface area contributed by atoms with Crippen molar-refractivity contribution in [1.82, 2.24) is 9.97 Å². The molecule has 1 heterocycles. The first-order valence-corrected chi connectivity index (χ1v) is 7.54. The summed E-state index contributed by atoms with van der Waals surface area (Å²) in [5.41, 5.74) is 5.38. The Labute approximate surface area is 134 Å². The standard InChI is InChI=1S/C20H16N2O/c1-23-16-12-10-15(11-13-16)20-21-18-9-5-8-17(19(18)22-20)14-6-3-2-4-7-14/h2-13H,1H3,(H,21,22). The highest BCUT2D eigenvalue weighted by Gasteiger charge is 2.10. The Bertz CT molecular complexity index is 940. The number of rotatable bonds is 3. The van der Waals surface area contributed by atoms with Crippen LogP contribution in [0.25, 0.3) is 33.5 Å². The van der Waals surface area contributed by atoms with E-state index in [-0.39, 0.29) is 0 Å². The molecular weight excluding hydrogens is 284 g/mol. The highest BCUT2D eigenvalue weighted by atomic mass is 16.5. The monoisotopic (exact) mass is 300 g/mol. The molecule has 4 rings (SSSR count). The highest BCUT2D eigenvalue weighted by Crippen LogP contribution is 2.29. The second-order valence-corrected chi connectivity index (χ2v) is 5.38. The molecule has 0 aliphatic heterocycles. The lowest BCUT2D eigenvalue weighted by molar-refractivity contribution is 0.415. The van der Waals surface area contributed by atoms with Crippen molar-refractivity contribution in [1.29, 1.82) is 0 Å². The molecule has 112 valence electrons. The zero-order chi connectivity index (χ0) is 15.6. The molecule has 0 amide bonds. The van der Waals surface area contributed by atoms with Crippen molar-refractivity contribution in [2.24, 2.45) is 0 Å². The molecule has 3 nitrogen and oxygen atoms in total. The van der Waals surface area contributed by atoms with Crippen molar-refractivity contribution in [2.75, 3.05) is 7.11 Å². The minimum absolute atomic E-state index is 0.842. The summed E-state index contributed by atoms with van der Waals surface area (Å²) >= 11 is 0. The molecule has 0 spiro atoms. The number of nitrogens with zero attached hydrogens (tertiary/aromatic N) is 1. The van der Waals surface area contributed by atoms with E-state index in [0.717, 1.165) is 33.7 Å². The fraction of sp³-hybridized carbons (Fsp3) is 0.0500. The number of benzene rings is 3. The van der Waals surface area contributed by atoms with Gasteiger partial charge in [-0.1, -0.05) is 42.5 Å². The summed E-state index contributed by atoms with van der Waals surface area (Å²) in [6.07, 6.45) is 0. The maximum atomic E-state index is 5.21. The Balaban J connectivity index is 1.84. The minimum atomic E-state index is 0.842. The second-order valence-electron chi connectivity index (χ2n) is 5.38. The third-order valence-electron chi connectivity index (χ3n) is 3.96. The molecule has 1 N–H and O–H groups in total. The van der Waals surface area contributed by atoms with Gasteiger partial charge in [-0.25, -0.2) is 4.98 Å². The van der Waals surface area contributed by atoms with E-state index < -0.39 is 0 Å². The Morgan fingerprint density at radius 2 is 1.57 bits per heavy atom. The fourth-order valence-electron chi connectivity index (χ4n) is 2.77. The number of hydrogen-bond donors (Lipinski definition) is 1. The van der Waals surface area contributed by atoms with Gasteiger partial charge in [0.15, 0.2) is 0 Å². The van der Waals surface area contributed by atoms with Crippen molar-refractivity contribution in [3.05, 3.63) is 72.8 Å². The third kappa shape index (κ3) is 2.46. The smallest absolute Gasteiger partial charge is 0.138 e. The quantitative estimate of drug-likeness (QED) is 0.584. The topological polar surface area (TPSA) is 37.9 Å². The lowest BCUT2D eigenvalue weighted by atomic mass is 10.0. The Morgan fingerprint density at radius 1 is 0.783 bits per heavy atom. The normalized spacial score (nSPS) is 10.8. The summed E-state index contributed by atoms with van der Waals surface area (Å²) in [7, 11) is 1.67. The van der Waals surface area contributed by atoms with Crippen molar-refractivity contribution in [2.45, 2.75) is 0 Å². The van der Waals surface area contributed by atoms with Crippen LogP contribution in [-0.2, 0) is 0 Å². The van der Waals surface area contributed by atoms with Gasteiger partial charge in [0.2, 0.25) is 0 Å². The van der Waals surface area contributed by atoms with Gasteiger partial charge in [-0.2, -0.15) is 0 Å². The predicted octanol–water partition coefficient (Wildman–Crippen LogP) is 4.91. The van der Waals surface area contributed by atoms with Crippen LogP contribution in [0.1, 0.15) is 0 Å². The molecule has 1 aromatic heterocycles. The summed E-state index contributed by atoms with van der Waals surface area (Å²) in [4.78, 5) is 8.23. The van der Waals surface area contributed by atoms with Crippen molar-refractivity contribution < 1.29 is 4.74 Å². The lowest BCUT2D eigenvalue weighted by Gasteiger charge is -2.01. The van der Waals surface area contributed by atoms with Gasteiger partial charge in [0.1, 0.15) is 11.6 Å². The predicted molar refractivity (Wildman–Crippen MR) is 93.5 cm³/mol. The summed E-state index contributed by atoms with van der Waals surface area (Å²) in [6, 6.07) is 24.5. The molecular formula is C20H16N2O. The second kappa shape index (κ2) is 5.61. The molecule has 0 fully saturated rings. The van der Waals surface area contributed by atoms with Crippen LogP contribution in [0.2, 0.25) is 0 Å². The first kappa shape index (κ1) is 13.6. The van der Waals surface area contributed by atoms with Crippen LogP contribution in [0, 0.1) is 0 Å². The van der Waals surface area contributed by atoms with Crippen LogP contribution in [0.5, 0.6) is 5.75 Å². The van der Waals surface area contributed by atoms with Gasteiger partial charge in [-0.15, -0.1) is 0 Å². The van der Waals surface area contributed by atoms with Gasteiger partial charge in [0.25, 0.3) is 0 Å². The van der Waals surface area contributed by atoms with E-state index in [0.29, 0.717) is 0 Å². The molecule has 3 aromatic carbocycles. The zero-order valence-corrected chi connectivity index (χ0v) is 12.8. The van der Waals surface area contributed by atoms with E-state index in [4.69, 9.17) is 9.72 Å². The molecule has 0 saturated carbocycles. The molecule has 0 radical (unpaired) electrons. The van der Waals surface area contributed by atoms with Crippen LogP contribution in [0.4, 0.5) is 0 Å². The van der Waals surface area contributed by atoms with E-state index in [1.54, 1.807) is 7.11 Å². The van der Waals surface area contributed by atoms with Crippen molar-refractivity contribution >= 4 is 11.0 Å². The van der Waals surface area contributed by atoms with Gasteiger partial charge in [0, 0.05) is 11.1 Å². The zero-order valence-electron chi connectivity index (χ0n) is 12.8. The van der Waals surface area contributed by atoms with E-state index in [1.165, 1.54) is 5.56 Å². The fourth-order valence-corrected chi connectivity index (χ4v) is 2.77. The number of ether oxygens (including phenoxy) is 1. The maximum absolute atomic E-state index is 5.21. The number of H-pyrrole nitrogens is 1. The molecule has 0 bridgehead atoms. The maximum Gasteiger partial charge on any atom is 0.138 e. The molecule has 3 heteroatoms. The van der Waals surface area contributed by atoms with Crippen LogP contribution >= 0.6 is 0 Å². The number of para-hydroxylation sites is 1. The average Bonchev–Trinajstić information content (AvgIpc) is 3.06. The lowest BCUT2D eigenvalue weighted by Crippen LogP contribution is -1.84. The van der Waals surface area contributed by atoms with Crippen LogP contribution in [-0.4, -0.2) is 17.1 Å². The summed E-state index contributed by atoms with van der Waals surface area (Å²) in [5, 5.41) is 0. The summed E-state index contributed by atoms with van der Waals surface area (Å²) < 4.78 is 5.21. The van der Waals surface area contributed by atoms with E-state index in [9.17, 15) is 0 Å². The highest BCUT2D eigenvalue weighted by molar-refractivity contribution is 5.93. The molecule has 23 heavy (non-hydrogen) atoms. The number of hydrogen-bond acceptors (Lipinski definition) is 2. The Hall–Kier alpha value is -3.07. The van der Waals surface area contributed by atoms with Crippen LogP contribution < -0.4 is 4.74 Å². The molecule has 0 unspecified atom stereocenters. The van der Waals surface area contributed by atoms with Gasteiger partial charge in [-0.05, 0) is 35.9 Å². The van der Waals surface area contributed by atoms with E-state index in [2.05, 4.69) is 35.3 Å². The first-order chi connectivity index (χ1) is 11.3. The number of methoxy groups -OCH3 is 1. The summed E-state index contributed by atoms with van der Waals surface area (Å²) in [5.74, 6) is 1.71. The van der Waals surface area contributed by atoms with Gasteiger partial charge in [-0.3, -0.25) is 0 Å². The van der Waals surface area contributed by atoms with E-state index in [1.807, 2.05) is 42.5 Å². The Kier molecular flexibility index (Phi) is 3.31. The summed E-state index contributed by atoms with van der Waals surface area (Å²) in [6.45, 7) is 0. The van der Waals surface area contributed by atoms with Crippen LogP contribution in [0.3, 0.4) is 0 Å². The number of aromatic nitrogens is 2. The molecule has 0 aliphatic rings. The third-order valence-corrected chi connectivity index (χ3v) is 3.96. The first-order valence-electron chi connectivity index (χ1n) is 7.54. The largest absolute Gasteiger partial charge is 0.497 e. The molecule has 0 saturated heterocycles. The average molecular weight is 300 g/mol. The van der Waals surface area contributed by atoms with Gasteiger partial charge < -0.3 is 9.72 Å². The number of imidazole rings is 1. The van der Waals surface area contributed by atoms with Crippen molar-refractivity contribution in [3.8, 4) is 28.3 Å². The van der Waals surface area contributed by atoms with E-state index >= 15 is 0 Å². The van der Waals surface area contributed by atoms with Gasteiger partial charge in [0.05, 0.1) is 18.1 Å². The minimum Gasteiger partial charge on any atom is -0.497 e. The molecule has 0 aliphatic carbocycles. The van der Waals surface area contributed by atoms with Gasteiger partial charge >= 0.3 is 0 Å². The van der Waals surface area contributed by atoms with Crippen molar-refractivity contribution in [3.63, 3.8) is 0 Å². The number of nitrogens with one attached hydrogen (secondary N) is 1. The number of fused-ring (bicyclic) bond motifs is 1.